The Morgan fingerprint density at radius 3 is 2.61 bits per heavy atom. The number of aromatic nitrogens is 2. The summed E-state index contributed by atoms with van der Waals surface area (Å²) in [7, 11) is 1.37. The Bertz CT molecular complexity index is 1310. The van der Waals surface area contributed by atoms with Crippen molar-refractivity contribution in [2.24, 2.45) is 11.1 Å². The summed E-state index contributed by atoms with van der Waals surface area (Å²) in [5.41, 5.74) is 1.75. The maximum atomic E-state index is 13.7. The molecule has 2 aliphatic rings. The van der Waals surface area contributed by atoms with Gasteiger partial charge in [0.15, 0.2) is 30.1 Å². The van der Waals surface area contributed by atoms with Gasteiger partial charge in [-0.05, 0) is 37.6 Å². The van der Waals surface area contributed by atoms with Gasteiger partial charge in [-0.3, -0.25) is 14.4 Å². The number of ether oxygens (including phenoxy) is 4. The van der Waals surface area contributed by atoms with Gasteiger partial charge in [-0.1, -0.05) is 11.2 Å². The highest BCUT2D eigenvalue weighted by molar-refractivity contribution is 6.02. The second-order valence-electron chi connectivity index (χ2n) is 9.62. The Balaban J connectivity index is 1.27. The number of methoxy groups -OCH3 is 1. The van der Waals surface area contributed by atoms with Crippen LogP contribution in [0, 0.1) is 18.7 Å². The number of benzene rings is 1. The van der Waals surface area contributed by atoms with Crippen LogP contribution in [0.4, 0.5) is 4.39 Å². The van der Waals surface area contributed by atoms with Gasteiger partial charge in [0.05, 0.1) is 26.0 Å². The number of nitrogens with one attached hydrogen (secondary N) is 2. The number of halogens is 1. The molecule has 0 aliphatic carbocycles. The highest BCUT2D eigenvalue weighted by atomic mass is 19.1. The minimum Gasteiger partial charge on any atom is -0.494 e. The lowest BCUT2D eigenvalue weighted by Crippen LogP contribution is -2.45. The summed E-state index contributed by atoms with van der Waals surface area (Å²) in [6.45, 7) is 5.48. The quantitative estimate of drug-likeness (QED) is 0.398. The van der Waals surface area contributed by atoms with Crippen LogP contribution in [0.2, 0.25) is 0 Å². The van der Waals surface area contributed by atoms with E-state index in [2.05, 4.69) is 25.8 Å². The number of amides is 2. The van der Waals surface area contributed by atoms with Gasteiger partial charge in [-0.15, -0.1) is 0 Å². The van der Waals surface area contributed by atoms with Crippen molar-refractivity contribution in [3.63, 3.8) is 0 Å². The van der Waals surface area contributed by atoms with Gasteiger partial charge < -0.3 is 34.4 Å². The van der Waals surface area contributed by atoms with Crippen molar-refractivity contribution in [1.82, 2.24) is 20.6 Å². The molecular formula is C27H32FN5O8. The van der Waals surface area contributed by atoms with E-state index in [4.69, 9.17) is 23.8 Å². The Hall–Kier alpha value is -4.17. The third-order valence-corrected chi connectivity index (χ3v) is 6.30. The van der Waals surface area contributed by atoms with Crippen LogP contribution >= 0.6 is 0 Å². The van der Waals surface area contributed by atoms with Crippen LogP contribution in [0.5, 0.6) is 5.75 Å². The van der Waals surface area contributed by atoms with Gasteiger partial charge in [0, 0.05) is 32.4 Å². The molecule has 14 heteroatoms. The minimum absolute atomic E-state index is 0.0878. The third-order valence-electron chi connectivity index (χ3n) is 6.30. The molecule has 41 heavy (non-hydrogen) atoms. The van der Waals surface area contributed by atoms with Gasteiger partial charge in [-0.2, -0.15) is 0 Å². The van der Waals surface area contributed by atoms with Crippen molar-refractivity contribution in [1.29, 1.82) is 0 Å². The lowest BCUT2D eigenvalue weighted by Gasteiger charge is -2.31. The average Bonchev–Trinajstić information content (AvgIpc) is 3.45. The number of rotatable bonds is 10. The predicted octanol–water partition coefficient (Wildman–Crippen LogP) is 1.41. The summed E-state index contributed by atoms with van der Waals surface area (Å²) in [6.07, 6.45) is -1.75. The first-order chi connectivity index (χ1) is 19.6. The first-order valence-electron chi connectivity index (χ1n) is 13.0. The molecular weight excluding hydrogens is 541 g/mol. The Morgan fingerprint density at radius 1 is 1.15 bits per heavy atom. The number of hydrogen-bond donors (Lipinski definition) is 2. The number of nitrogens with zero attached hydrogens (tertiary/aromatic N) is 3. The zero-order valence-corrected chi connectivity index (χ0v) is 23.1. The summed E-state index contributed by atoms with van der Waals surface area (Å²) >= 11 is 0. The van der Waals surface area contributed by atoms with Gasteiger partial charge in [0.2, 0.25) is 0 Å². The van der Waals surface area contributed by atoms with E-state index in [1.54, 1.807) is 13.0 Å². The molecule has 2 N–H and O–H groups in total. The molecule has 0 saturated carbocycles. The number of esters is 1. The Kier molecular flexibility index (Phi) is 9.78. The van der Waals surface area contributed by atoms with Crippen LogP contribution in [0.1, 0.15) is 47.8 Å². The molecule has 0 radical (unpaired) electrons. The van der Waals surface area contributed by atoms with Gasteiger partial charge in [0.1, 0.15) is 17.2 Å². The number of carbonyl (C=O) groups excluding carboxylic acids is 3. The second-order valence-corrected chi connectivity index (χ2v) is 9.62. The van der Waals surface area contributed by atoms with Gasteiger partial charge in [-0.25, -0.2) is 14.4 Å². The molecule has 1 fully saturated rings. The average molecular weight is 574 g/mol. The fourth-order valence-corrected chi connectivity index (χ4v) is 4.19. The van der Waals surface area contributed by atoms with E-state index in [1.807, 2.05) is 0 Å². The molecule has 1 aromatic carbocycles. The van der Waals surface area contributed by atoms with E-state index in [9.17, 15) is 18.8 Å². The first-order valence-corrected chi connectivity index (χ1v) is 13.0. The number of carbonyl (C=O) groups is 3. The van der Waals surface area contributed by atoms with E-state index >= 15 is 0 Å². The van der Waals surface area contributed by atoms with Crippen molar-refractivity contribution < 1.29 is 42.6 Å². The summed E-state index contributed by atoms with van der Waals surface area (Å²) < 4.78 is 35.1. The molecule has 13 nitrogen and oxygen atoms in total. The fourth-order valence-electron chi connectivity index (χ4n) is 4.19. The van der Waals surface area contributed by atoms with E-state index < -0.39 is 42.1 Å². The lowest BCUT2D eigenvalue weighted by molar-refractivity contribution is -0.243. The van der Waals surface area contributed by atoms with Crippen LogP contribution in [0.15, 0.2) is 29.4 Å². The van der Waals surface area contributed by atoms with Gasteiger partial charge in [0.25, 0.3) is 11.8 Å². The van der Waals surface area contributed by atoms with Gasteiger partial charge >= 0.3 is 5.97 Å². The monoisotopic (exact) mass is 573 g/mol. The molecule has 2 atom stereocenters. The summed E-state index contributed by atoms with van der Waals surface area (Å²) in [5, 5.41) is 9.61. The SMILES string of the molecule is COc1cc(CNC(=O)c2cc(C3=NO[C@H](C4OCC(CNC(=O)[C@H](C)OC(C)=O)CO4)C3)nc(C)n2)ccc1F. The van der Waals surface area contributed by atoms with Crippen molar-refractivity contribution in [3.05, 3.63) is 52.9 Å². The van der Waals surface area contributed by atoms with Crippen LogP contribution in [-0.2, 0) is 35.2 Å². The minimum atomic E-state index is -0.885. The highest BCUT2D eigenvalue weighted by Crippen LogP contribution is 2.24. The topological polar surface area (TPSA) is 160 Å². The van der Waals surface area contributed by atoms with E-state index in [1.165, 1.54) is 39.2 Å². The Labute approximate surface area is 235 Å². The van der Waals surface area contributed by atoms with E-state index in [0.29, 0.717) is 49.0 Å². The summed E-state index contributed by atoms with van der Waals surface area (Å²) in [5.74, 6) is -1.48. The summed E-state index contributed by atoms with van der Waals surface area (Å²) in [4.78, 5) is 50.0. The Morgan fingerprint density at radius 2 is 1.90 bits per heavy atom. The third kappa shape index (κ3) is 7.95. The number of hydrogen-bond acceptors (Lipinski definition) is 11. The second kappa shape index (κ2) is 13.5. The zero-order chi connectivity index (χ0) is 29.5. The van der Waals surface area contributed by atoms with Crippen molar-refractivity contribution in [3.8, 4) is 5.75 Å². The molecule has 2 aliphatic heterocycles. The molecule has 0 bridgehead atoms. The van der Waals surface area contributed by atoms with E-state index in [-0.39, 0.29) is 23.9 Å². The summed E-state index contributed by atoms with van der Waals surface area (Å²) in [6, 6.07) is 5.86. The largest absolute Gasteiger partial charge is 0.494 e. The predicted molar refractivity (Wildman–Crippen MR) is 140 cm³/mol. The van der Waals surface area contributed by atoms with Crippen molar-refractivity contribution >= 4 is 23.5 Å². The maximum absolute atomic E-state index is 13.7. The van der Waals surface area contributed by atoms with E-state index in [0.717, 1.165) is 0 Å². The standard InChI is InChI=1S/C27H32FN5O8/c1-14(40-16(3)34)25(35)29-11-18-12-38-27(39-13-18)24-9-21(33-41-24)20-8-22(32-15(2)31-20)26(36)30-10-17-5-6-19(28)23(7-17)37-4/h5-8,14,18,24,27H,9-13H2,1-4H3,(H,29,35)(H,30,36)/t14-,18?,24-,27?/m0/s1. The molecule has 220 valence electrons. The number of aryl methyl sites for hydroxylation is 1. The molecule has 0 spiro atoms. The normalized spacial score (nSPS) is 20.8. The van der Waals surface area contributed by atoms with Crippen LogP contribution in [0.3, 0.4) is 0 Å². The number of oxime groups is 1. The zero-order valence-electron chi connectivity index (χ0n) is 23.1. The van der Waals surface area contributed by atoms with Crippen molar-refractivity contribution in [2.45, 2.75) is 52.2 Å². The first kappa shape index (κ1) is 29.8. The molecule has 1 saturated heterocycles. The van der Waals surface area contributed by atoms with Crippen molar-refractivity contribution in [2.75, 3.05) is 26.9 Å². The van der Waals surface area contributed by atoms with Crippen LogP contribution in [0.25, 0.3) is 0 Å². The fraction of sp³-hybridized carbons (Fsp3) is 0.481. The molecule has 2 aromatic rings. The molecule has 2 amide bonds. The lowest BCUT2D eigenvalue weighted by atomic mass is 10.1. The van der Waals surface area contributed by atoms with Crippen LogP contribution in [-0.4, -0.2) is 78.8 Å². The maximum Gasteiger partial charge on any atom is 0.303 e. The smallest absolute Gasteiger partial charge is 0.303 e. The molecule has 1 aromatic heterocycles. The molecule has 0 unspecified atom stereocenters. The molecule has 4 rings (SSSR count). The van der Waals surface area contributed by atoms with Crippen LogP contribution < -0.4 is 15.4 Å². The highest BCUT2D eigenvalue weighted by Gasteiger charge is 2.36. The molecule has 3 heterocycles.